The highest BCUT2D eigenvalue weighted by atomic mass is 15.0. The van der Waals surface area contributed by atoms with Crippen LogP contribution in [0.5, 0.6) is 0 Å². The minimum Gasteiger partial charge on any atom is -0.309 e. The summed E-state index contributed by atoms with van der Waals surface area (Å²) in [6.07, 6.45) is 0. The van der Waals surface area contributed by atoms with Gasteiger partial charge < -0.3 is 9.13 Å². The molecule has 0 bridgehead atoms. The Hall–Kier alpha value is -7.63. The fraction of sp³-hybridized carbons (Fsp3) is 0. The molecule has 0 radical (unpaired) electrons. The van der Waals surface area contributed by atoms with Crippen LogP contribution in [0.15, 0.2) is 200 Å². The lowest BCUT2D eigenvalue weighted by Gasteiger charge is -2.12. The molecule has 0 aliphatic carbocycles. The molecule has 0 spiro atoms. The van der Waals surface area contributed by atoms with E-state index in [1.807, 2.05) is 18.2 Å². The molecule has 3 aromatic heterocycles. The molecular formula is C51H33N5. The van der Waals surface area contributed by atoms with Gasteiger partial charge in [0.2, 0.25) is 0 Å². The quantitative estimate of drug-likeness (QED) is 0.172. The molecule has 5 heteroatoms. The maximum atomic E-state index is 5.19. The number of nitrogens with zero attached hydrogens (tertiary/aromatic N) is 5. The van der Waals surface area contributed by atoms with E-state index in [-0.39, 0.29) is 0 Å². The van der Waals surface area contributed by atoms with Crippen molar-refractivity contribution in [2.75, 3.05) is 0 Å². The average Bonchev–Trinajstić information content (AvgIpc) is 3.80. The highest BCUT2D eigenvalue weighted by Gasteiger charge is 2.18. The van der Waals surface area contributed by atoms with Crippen molar-refractivity contribution >= 4 is 43.6 Å². The number of fused-ring (bicyclic) bond motifs is 6. The van der Waals surface area contributed by atoms with Crippen LogP contribution in [-0.2, 0) is 0 Å². The first-order chi connectivity index (χ1) is 27.8. The molecule has 0 aliphatic rings. The molecule has 5 nitrogen and oxygen atoms in total. The number of para-hydroxylation sites is 4. The molecule has 0 saturated heterocycles. The van der Waals surface area contributed by atoms with Crippen molar-refractivity contribution in [3.8, 4) is 56.7 Å². The second kappa shape index (κ2) is 13.0. The van der Waals surface area contributed by atoms with E-state index in [4.69, 9.17) is 15.0 Å². The fourth-order valence-electron chi connectivity index (χ4n) is 8.18. The molecule has 0 aliphatic heterocycles. The van der Waals surface area contributed by atoms with Gasteiger partial charge in [0.25, 0.3) is 0 Å². The Balaban J connectivity index is 1.05. The molecule has 11 aromatic rings. The molecule has 0 atom stereocenters. The highest BCUT2D eigenvalue weighted by Crippen LogP contribution is 2.36. The van der Waals surface area contributed by atoms with Crippen LogP contribution in [0, 0.1) is 0 Å². The second-order valence-electron chi connectivity index (χ2n) is 14.1. The topological polar surface area (TPSA) is 48.5 Å². The second-order valence-corrected chi connectivity index (χ2v) is 14.1. The van der Waals surface area contributed by atoms with Gasteiger partial charge in [-0.05, 0) is 65.7 Å². The van der Waals surface area contributed by atoms with Gasteiger partial charge >= 0.3 is 0 Å². The summed E-state index contributed by atoms with van der Waals surface area (Å²) in [4.78, 5) is 15.4. The maximum absolute atomic E-state index is 5.19. The van der Waals surface area contributed by atoms with Gasteiger partial charge in [0.1, 0.15) is 0 Å². The predicted octanol–water partition coefficient (Wildman–Crippen LogP) is 12.7. The molecule has 0 amide bonds. The molecule has 56 heavy (non-hydrogen) atoms. The van der Waals surface area contributed by atoms with E-state index < -0.39 is 0 Å². The van der Waals surface area contributed by atoms with Crippen molar-refractivity contribution in [1.82, 2.24) is 24.1 Å². The summed E-state index contributed by atoms with van der Waals surface area (Å²) in [7, 11) is 0. The summed E-state index contributed by atoms with van der Waals surface area (Å²) >= 11 is 0. The lowest BCUT2D eigenvalue weighted by Crippen LogP contribution is -2.00. The SMILES string of the molecule is c1ccc(-c2nc(-c3cccc(-c4cccc(-n5c6ccccc6c6ccccc65)c4)c3)nc(-c3ccc4c5ccccc5n(-c5ccccc5)c4c3)n2)cc1. The zero-order valence-corrected chi connectivity index (χ0v) is 30.3. The van der Waals surface area contributed by atoms with E-state index in [0.29, 0.717) is 17.5 Å². The normalized spacial score (nSPS) is 11.6. The van der Waals surface area contributed by atoms with Gasteiger partial charge in [-0.15, -0.1) is 0 Å². The van der Waals surface area contributed by atoms with Gasteiger partial charge in [0, 0.05) is 49.6 Å². The monoisotopic (exact) mass is 715 g/mol. The summed E-state index contributed by atoms with van der Waals surface area (Å²) < 4.78 is 4.68. The van der Waals surface area contributed by atoms with E-state index in [0.717, 1.165) is 50.2 Å². The third-order valence-corrected chi connectivity index (χ3v) is 10.8. The smallest absolute Gasteiger partial charge is 0.164 e. The Morgan fingerprint density at radius 2 is 0.661 bits per heavy atom. The van der Waals surface area contributed by atoms with Gasteiger partial charge in [-0.25, -0.2) is 15.0 Å². The fourth-order valence-corrected chi connectivity index (χ4v) is 8.18. The van der Waals surface area contributed by atoms with Crippen molar-refractivity contribution in [2.45, 2.75) is 0 Å². The van der Waals surface area contributed by atoms with Crippen LogP contribution in [0.3, 0.4) is 0 Å². The Bertz CT molecular complexity index is 3200. The van der Waals surface area contributed by atoms with E-state index in [9.17, 15) is 0 Å². The average molecular weight is 716 g/mol. The van der Waals surface area contributed by atoms with Gasteiger partial charge in [0.15, 0.2) is 17.5 Å². The van der Waals surface area contributed by atoms with Crippen molar-refractivity contribution in [2.24, 2.45) is 0 Å². The molecule has 0 saturated carbocycles. The van der Waals surface area contributed by atoms with Crippen molar-refractivity contribution in [3.63, 3.8) is 0 Å². The van der Waals surface area contributed by atoms with Gasteiger partial charge in [0.05, 0.1) is 22.1 Å². The van der Waals surface area contributed by atoms with Gasteiger partial charge in [-0.2, -0.15) is 0 Å². The number of benzene rings is 8. The number of rotatable bonds is 6. The molecule has 0 unspecified atom stereocenters. The van der Waals surface area contributed by atoms with Crippen LogP contribution in [-0.4, -0.2) is 24.1 Å². The zero-order chi connectivity index (χ0) is 37.0. The molecule has 262 valence electrons. The molecule has 8 aromatic carbocycles. The lowest BCUT2D eigenvalue weighted by molar-refractivity contribution is 1.07. The van der Waals surface area contributed by atoms with Crippen LogP contribution in [0.4, 0.5) is 0 Å². The van der Waals surface area contributed by atoms with Crippen LogP contribution in [0.2, 0.25) is 0 Å². The summed E-state index contributed by atoms with van der Waals surface area (Å²) in [5.41, 5.74) is 11.8. The third kappa shape index (κ3) is 5.29. The third-order valence-electron chi connectivity index (χ3n) is 10.8. The summed E-state index contributed by atoms with van der Waals surface area (Å²) in [6.45, 7) is 0. The van der Waals surface area contributed by atoms with Crippen LogP contribution in [0.25, 0.3) is 100 Å². The Labute approximate surface area is 323 Å². The molecule has 0 fully saturated rings. The first-order valence-electron chi connectivity index (χ1n) is 18.9. The lowest BCUT2D eigenvalue weighted by atomic mass is 10.0. The first-order valence-corrected chi connectivity index (χ1v) is 18.9. The van der Waals surface area contributed by atoms with Crippen molar-refractivity contribution in [1.29, 1.82) is 0 Å². The van der Waals surface area contributed by atoms with E-state index in [1.165, 1.54) is 32.6 Å². The van der Waals surface area contributed by atoms with Crippen LogP contribution < -0.4 is 0 Å². The summed E-state index contributed by atoms with van der Waals surface area (Å²) in [5.74, 6) is 1.88. The first kappa shape index (κ1) is 31.9. The van der Waals surface area contributed by atoms with Gasteiger partial charge in [-0.3, -0.25) is 0 Å². The van der Waals surface area contributed by atoms with E-state index >= 15 is 0 Å². The van der Waals surface area contributed by atoms with E-state index in [2.05, 4.69) is 191 Å². The minimum absolute atomic E-state index is 0.623. The molecule has 11 rings (SSSR count). The molecule has 3 heterocycles. The Kier molecular flexibility index (Phi) is 7.42. The summed E-state index contributed by atoms with van der Waals surface area (Å²) in [6, 6.07) is 70.3. The molecular weight excluding hydrogens is 683 g/mol. The van der Waals surface area contributed by atoms with Crippen molar-refractivity contribution in [3.05, 3.63) is 200 Å². The van der Waals surface area contributed by atoms with Crippen molar-refractivity contribution < 1.29 is 0 Å². The number of aromatic nitrogens is 5. The summed E-state index contributed by atoms with van der Waals surface area (Å²) in [5, 5.41) is 4.88. The van der Waals surface area contributed by atoms with Crippen LogP contribution >= 0.6 is 0 Å². The van der Waals surface area contributed by atoms with E-state index in [1.54, 1.807) is 0 Å². The predicted molar refractivity (Wildman–Crippen MR) is 230 cm³/mol. The van der Waals surface area contributed by atoms with Gasteiger partial charge in [-0.1, -0.05) is 146 Å². The number of hydrogen-bond acceptors (Lipinski definition) is 3. The minimum atomic E-state index is 0.623. The molecule has 0 N–H and O–H groups in total. The maximum Gasteiger partial charge on any atom is 0.164 e. The highest BCUT2D eigenvalue weighted by molar-refractivity contribution is 6.10. The van der Waals surface area contributed by atoms with Crippen LogP contribution in [0.1, 0.15) is 0 Å². The zero-order valence-electron chi connectivity index (χ0n) is 30.3. The standard InChI is InChI=1S/C51H33N5/c1-3-15-34(16-4-1)49-52-50(54-51(53-49)38-29-30-44-43-25-9-10-26-45(43)55(48(44)33-38)39-20-5-2-6-21-39)37-19-13-17-35(31-37)36-18-14-22-40(32-36)56-46-27-11-7-23-41(46)42-24-8-12-28-47(42)56/h1-33H. The number of hydrogen-bond donors (Lipinski definition) is 0. The Morgan fingerprint density at radius 1 is 0.250 bits per heavy atom. The Morgan fingerprint density at radius 3 is 1.29 bits per heavy atom. The largest absolute Gasteiger partial charge is 0.309 e.